The minimum Gasteiger partial charge on any atom is -0.340 e. The highest BCUT2D eigenvalue weighted by atomic mass is 35.5. The molecule has 136 valence electrons. The molecule has 3 aromatic rings. The lowest BCUT2D eigenvalue weighted by atomic mass is 9.93. The van der Waals surface area contributed by atoms with Crippen molar-refractivity contribution in [1.82, 2.24) is 5.32 Å². The third-order valence-electron chi connectivity index (χ3n) is 5.00. The van der Waals surface area contributed by atoms with Gasteiger partial charge in [0.05, 0.1) is 11.3 Å². The summed E-state index contributed by atoms with van der Waals surface area (Å²) in [7, 11) is 0. The minimum absolute atomic E-state index is 0.0876. The quantitative estimate of drug-likeness (QED) is 0.623. The van der Waals surface area contributed by atoms with Crippen molar-refractivity contribution in [1.29, 1.82) is 0 Å². The summed E-state index contributed by atoms with van der Waals surface area (Å²) < 4.78 is 0. The molecule has 1 amide bonds. The molecule has 1 N–H and O–H groups in total. The molecule has 0 fully saturated rings. The molecule has 1 aliphatic rings. The second-order valence-corrected chi connectivity index (χ2v) is 7.64. The van der Waals surface area contributed by atoms with Crippen LogP contribution in [0.3, 0.4) is 0 Å². The van der Waals surface area contributed by atoms with E-state index in [1.165, 1.54) is 0 Å². The van der Waals surface area contributed by atoms with Gasteiger partial charge in [0.1, 0.15) is 5.66 Å². The fourth-order valence-electron chi connectivity index (χ4n) is 3.52. The number of fused-ring (bicyclic) bond motifs is 1. The van der Waals surface area contributed by atoms with Crippen LogP contribution in [0.4, 0.5) is 5.69 Å². The van der Waals surface area contributed by atoms with Gasteiger partial charge in [0.2, 0.25) is 0 Å². The van der Waals surface area contributed by atoms with E-state index in [2.05, 4.69) is 10.2 Å². The van der Waals surface area contributed by atoms with Crippen molar-refractivity contribution in [3.63, 3.8) is 0 Å². The van der Waals surface area contributed by atoms with Gasteiger partial charge in [-0.25, -0.2) is 0 Å². The van der Waals surface area contributed by atoms with Gasteiger partial charge in [-0.3, -0.25) is 4.79 Å². The van der Waals surface area contributed by atoms with E-state index in [9.17, 15) is 4.79 Å². The van der Waals surface area contributed by atoms with E-state index in [-0.39, 0.29) is 5.91 Å². The fraction of sp³-hybridized carbons (Fsp3) is 0.136. The number of benzene rings is 3. The van der Waals surface area contributed by atoms with E-state index in [4.69, 9.17) is 23.2 Å². The third kappa shape index (κ3) is 3.29. The Labute approximate surface area is 168 Å². The van der Waals surface area contributed by atoms with Crippen molar-refractivity contribution in [3.05, 3.63) is 99.5 Å². The molecule has 27 heavy (non-hydrogen) atoms. The summed E-state index contributed by atoms with van der Waals surface area (Å²) >= 11 is 12.1. The number of rotatable bonds is 3. The summed E-state index contributed by atoms with van der Waals surface area (Å²) in [6.07, 6.45) is 0. The maximum Gasteiger partial charge on any atom is 0.255 e. The Balaban J connectivity index is 1.84. The first kappa shape index (κ1) is 17.9. The van der Waals surface area contributed by atoms with Gasteiger partial charge in [0.15, 0.2) is 0 Å². The van der Waals surface area contributed by atoms with Gasteiger partial charge in [-0.2, -0.15) is 0 Å². The molecule has 4 rings (SSSR count). The van der Waals surface area contributed by atoms with Crippen LogP contribution in [0, 0.1) is 0 Å². The molecule has 1 aliphatic heterocycles. The summed E-state index contributed by atoms with van der Waals surface area (Å²) in [6, 6.07) is 23.0. The largest absolute Gasteiger partial charge is 0.340 e. The van der Waals surface area contributed by atoms with Crippen LogP contribution >= 0.6 is 23.2 Å². The van der Waals surface area contributed by atoms with E-state index in [1.54, 1.807) is 0 Å². The molecule has 0 saturated carbocycles. The Morgan fingerprint density at radius 3 is 2.15 bits per heavy atom. The molecule has 5 heteroatoms. The van der Waals surface area contributed by atoms with E-state index < -0.39 is 5.66 Å². The number of nitrogens with one attached hydrogen (secondary N) is 1. The summed E-state index contributed by atoms with van der Waals surface area (Å²) in [5.74, 6) is -0.0876. The highest BCUT2D eigenvalue weighted by Gasteiger charge is 2.41. The van der Waals surface area contributed by atoms with Crippen LogP contribution in [0.1, 0.15) is 28.4 Å². The summed E-state index contributed by atoms with van der Waals surface area (Å²) in [5, 5.41) is 4.55. The average molecular weight is 397 g/mol. The zero-order valence-electron chi connectivity index (χ0n) is 14.7. The van der Waals surface area contributed by atoms with Crippen LogP contribution in [-0.4, -0.2) is 5.91 Å². The number of nitrogens with zero attached hydrogens (tertiary/aromatic N) is 1. The number of para-hydroxylation sites is 1. The number of hydrogen-bond acceptors (Lipinski definition) is 2. The Morgan fingerprint density at radius 2 is 1.48 bits per heavy atom. The standard InChI is InChI=1S/C22H18Cl2N2O/c1-22(16-8-12-18(24)13-9-16)25-21(27)19-4-2-3-5-20(19)26(22)14-15-6-10-17(23)11-7-15/h2-13H,14H2,1H3,(H,25,27). The first-order valence-corrected chi connectivity index (χ1v) is 9.43. The monoisotopic (exact) mass is 396 g/mol. The Morgan fingerprint density at radius 1 is 0.889 bits per heavy atom. The first-order valence-electron chi connectivity index (χ1n) is 8.67. The normalized spacial score (nSPS) is 18.8. The predicted octanol–water partition coefficient (Wildman–Crippen LogP) is 5.62. The molecule has 1 unspecified atom stereocenters. The predicted molar refractivity (Wildman–Crippen MR) is 110 cm³/mol. The molecule has 0 aliphatic carbocycles. The van der Waals surface area contributed by atoms with Gasteiger partial charge in [-0.05, 0) is 54.4 Å². The minimum atomic E-state index is -0.713. The molecule has 0 radical (unpaired) electrons. The highest BCUT2D eigenvalue weighted by Crippen LogP contribution is 2.38. The van der Waals surface area contributed by atoms with Crippen LogP contribution in [0.25, 0.3) is 0 Å². The van der Waals surface area contributed by atoms with Gasteiger partial charge in [0.25, 0.3) is 5.91 Å². The molecular formula is C22H18Cl2N2O. The van der Waals surface area contributed by atoms with E-state index in [0.29, 0.717) is 22.2 Å². The molecule has 3 nitrogen and oxygen atoms in total. The lowest BCUT2D eigenvalue weighted by Gasteiger charge is -2.47. The van der Waals surface area contributed by atoms with Crippen molar-refractivity contribution in [2.75, 3.05) is 4.90 Å². The number of amides is 1. The van der Waals surface area contributed by atoms with Crippen LogP contribution < -0.4 is 10.2 Å². The van der Waals surface area contributed by atoms with Gasteiger partial charge in [-0.1, -0.05) is 59.6 Å². The zero-order valence-corrected chi connectivity index (χ0v) is 16.3. The number of hydrogen-bond donors (Lipinski definition) is 1. The number of carbonyl (C=O) groups is 1. The smallest absolute Gasteiger partial charge is 0.255 e. The summed E-state index contributed by atoms with van der Waals surface area (Å²) in [4.78, 5) is 15.0. The summed E-state index contributed by atoms with van der Waals surface area (Å²) in [5.41, 5.74) is 2.91. The van der Waals surface area contributed by atoms with E-state index in [1.807, 2.05) is 79.7 Å². The van der Waals surface area contributed by atoms with E-state index >= 15 is 0 Å². The molecule has 1 heterocycles. The lowest BCUT2D eigenvalue weighted by molar-refractivity contribution is 0.0886. The fourth-order valence-corrected chi connectivity index (χ4v) is 3.77. The van der Waals surface area contributed by atoms with Crippen LogP contribution in [0.2, 0.25) is 10.0 Å². The second kappa shape index (κ2) is 6.91. The molecule has 1 atom stereocenters. The summed E-state index contributed by atoms with van der Waals surface area (Å²) in [6.45, 7) is 2.63. The average Bonchev–Trinajstić information content (AvgIpc) is 2.67. The zero-order chi connectivity index (χ0) is 19.0. The van der Waals surface area contributed by atoms with Crippen LogP contribution in [0.15, 0.2) is 72.8 Å². The maximum absolute atomic E-state index is 12.8. The van der Waals surface area contributed by atoms with Crippen molar-refractivity contribution in [2.24, 2.45) is 0 Å². The maximum atomic E-state index is 12.8. The Bertz CT molecular complexity index is 986. The lowest BCUT2D eigenvalue weighted by Crippen LogP contribution is -2.59. The number of anilines is 1. The van der Waals surface area contributed by atoms with Crippen molar-refractivity contribution >= 4 is 34.8 Å². The topological polar surface area (TPSA) is 32.3 Å². The van der Waals surface area contributed by atoms with Crippen molar-refractivity contribution in [2.45, 2.75) is 19.1 Å². The number of halogens is 2. The number of carbonyl (C=O) groups excluding carboxylic acids is 1. The molecule has 0 saturated heterocycles. The Hall–Kier alpha value is -2.49. The van der Waals surface area contributed by atoms with Crippen LogP contribution in [0.5, 0.6) is 0 Å². The van der Waals surface area contributed by atoms with Gasteiger partial charge < -0.3 is 10.2 Å². The van der Waals surface area contributed by atoms with Gasteiger partial charge in [0, 0.05) is 16.6 Å². The molecular weight excluding hydrogens is 379 g/mol. The van der Waals surface area contributed by atoms with Crippen molar-refractivity contribution in [3.8, 4) is 0 Å². The molecule has 0 aromatic heterocycles. The SMILES string of the molecule is CC1(c2ccc(Cl)cc2)NC(=O)c2ccccc2N1Cc1ccc(Cl)cc1. The third-order valence-corrected chi connectivity index (χ3v) is 5.50. The van der Waals surface area contributed by atoms with Crippen molar-refractivity contribution < 1.29 is 4.79 Å². The first-order chi connectivity index (χ1) is 13.0. The molecule has 0 spiro atoms. The highest BCUT2D eigenvalue weighted by molar-refractivity contribution is 6.30. The van der Waals surface area contributed by atoms with E-state index in [0.717, 1.165) is 16.8 Å². The van der Waals surface area contributed by atoms with Gasteiger partial charge in [-0.15, -0.1) is 0 Å². The van der Waals surface area contributed by atoms with Gasteiger partial charge >= 0.3 is 0 Å². The molecule has 0 bridgehead atoms. The second-order valence-electron chi connectivity index (χ2n) is 6.76. The Kier molecular flexibility index (Phi) is 4.58. The molecule has 3 aromatic carbocycles. The van der Waals surface area contributed by atoms with Crippen LogP contribution in [-0.2, 0) is 12.2 Å².